The van der Waals surface area contributed by atoms with Gasteiger partial charge in [-0.15, -0.1) is 0 Å². The summed E-state index contributed by atoms with van der Waals surface area (Å²) in [5.74, 6) is 1.33. The minimum Gasteiger partial charge on any atom is -0.491 e. The van der Waals surface area contributed by atoms with Crippen LogP contribution in [0.15, 0.2) is 18.2 Å². The highest BCUT2D eigenvalue weighted by Crippen LogP contribution is 2.31. The van der Waals surface area contributed by atoms with Gasteiger partial charge in [-0.25, -0.2) is 0 Å². The zero-order chi connectivity index (χ0) is 9.97. The number of ether oxygens (including phenoxy) is 1. The van der Waals surface area contributed by atoms with Crippen LogP contribution in [0.5, 0.6) is 5.75 Å². The van der Waals surface area contributed by atoms with Gasteiger partial charge < -0.3 is 10.5 Å². The number of nitrogens with two attached hydrogens (primary N) is 1. The molecule has 3 nitrogen and oxygen atoms in total. The third kappa shape index (κ3) is 1.80. The molecule has 0 aliphatic heterocycles. The Morgan fingerprint density at radius 1 is 1.50 bits per heavy atom. The molecule has 0 radical (unpaired) electrons. The SMILES string of the molecule is N#Cc1cccc(OCC2CC2)c1N. The van der Waals surface area contributed by atoms with Crippen molar-refractivity contribution < 1.29 is 4.74 Å². The Balaban J connectivity index is 2.11. The monoisotopic (exact) mass is 188 g/mol. The second-order valence-electron chi connectivity index (χ2n) is 3.58. The fraction of sp³-hybridized carbons (Fsp3) is 0.364. The summed E-state index contributed by atoms with van der Waals surface area (Å²) in [6.07, 6.45) is 2.50. The molecule has 1 saturated carbocycles. The number of nitrogens with zero attached hydrogens (tertiary/aromatic N) is 1. The molecule has 0 unspecified atom stereocenters. The van der Waals surface area contributed by atoms with E-state index >= 15 is 0 Å². The Hall–Kier alpha value is -1.69. The molecular formula is C11H12N2O. The normalized spacial score (nSPS) is 14.8. The molecule has 0 spiro atoms. The van der Waals surface area contributed by atoms with Crippen molar-refractivity contribution in [2.75, 3.05) is 12.3 Å². The van der Waals surface area contributed by atoms with Gasteiger partial charge in [0.15, 0.2) is 0 Å². The highest BCUT2D eigenvalue weighted by Gasteiger charge is 2.22. The number of anilines is 1. The standard InChI is InChI=1S/C11H12N2O/c12-6-9-2-1-3-10(11(9)13)14-7-8-4-5-8/h1-3,8H,4-5,7,13H2. The van der Waals surface area contributed by atoms with Crippen LogP contribution in [0, 0.1) is 17.2 Å². The van der Waals surface area contributed by atoms with Crippen molar-refractivity contribution in [3.8, 4) is 11.8 Å². The van der Waals surface area contributed by atoms with Crippen LogP contribution in [-0.4, -0.2) is 6.61 Å². The lowest BCUT2D eigenvalue weighted by molar-refractivity contribution is 0.301. The number of benzene rings is 1. The summed E-state index contributed by atoms with van der Waals surface area (Å²) in [6, 6.07) is 7.32. The number of nitriles is 1. The molecular weight excluding hydrogens is 176 g/mol. The molecule has 1 aromatic rings. The Morgan fingerprint density at radius 3 is 2.93 bits per heavy atom. The summed E-state index contributed by atoms with van der Waals surface area (Å²) in [6.45, 7) is 0.721. The van der Waals surface area contributed by atoms with Gasteiger partial charge in [0.05, 0.1) is 17.9 Å². The zero-order valence-electron chi connectivity index (χ0n) is 7.86. The molecule has 2 N–H and O–H groups in total. The Morgan fingerprint density at radius 2 is 2.29 bits per heavy atom. The summed E-state index contributed by atoms with van der Waals surface area (Å²) in [5.41, 5.74) is 6.69. The third-order valence-electron chi connectivity index (χ3n) is 2.36. The fourth-order valence-corrected chi connectivity index (χ4v) is 1.26. The zero-order valence-corrected chi connectivity index (χ0v) is 7.86. The van der Waals surface area contributed by atoms with Crippen LogP contribution in [0.4, 0.5) is 5.69 Å². The van der Waals surface area contributed by atoms with Gasteiger partial charge in [0.25, 0.3) is 0 Å². The van der Waals surface area contributed by atoms with Gasteiger partial charge in [-0.05, 0) is 30.9 Å². The highest BCUT2D eigenvalue weighted by molar-refractivity contribution is 5.62. The second-order valence-corrected chi connectivity index (χ2v) is 3.58. The fourth-order valence-electron chi connectivity index (χ4n) is 1.26. The van der Waals surface area contributed by atoms with E-state index < -0.39 is 0 Å². The van der Waals surface area contributed by atoms with Crippen molar-refractivity contribution in [2.45, 2.75) is 12.8 Å². The largest absolute Gasteiger partial charge is 0.491 e. The van der Waals surface area contributed by atoms with E-state index in [-0.39, 0.29) is 0 Å². The minimum absolute atomic E-state index is 0.454. The molecule has 1 aliphatic carbocycles. The molecule has 0 heterocycles. The Bertz CT molecular complexity index is 377. The van der Waals surface area contributed by atoms with Crippen LogP contribution in [-0.2, 0) is 0 Å². The summed E-state index contributed by atoms with van der Waals surface area (Å²) >= 11 is 0. The molecule has 2 rings (SSSR count). The van der Waals surface area contributed by atoms with Crippen molar-refractivity contribution >= 4 is 5.69 Å². The van der Waals surface area contributed by atoms with E-state index in [9.17, 15) is 0 Å². The first kappa shape index (κ1) is 8.89. The number of para-hydroxylation sites is 1. The second kappa shape index (κ2) is 3.59. The average Bonchev–Trinajstić information content (AvgIpc) is 3.00. The van der Waals surface area contributed by atoms with Crippen molar-refractivity contribution in [1.29, 1.82) is 5.26 Å². The molecule has 0 atom stereocenters. The van der Waals surface area contributed by atoms with E-state index in [4.69, 9.17) is 15.7 Å². The van der Waals surface area contributed by atoms with Gasteiger partial charge in [0, 0.05) is 0 Å². The van der Waals surface area contributed by atoms with Crippen molar-refractivity contribution in [3.05, 3.63) is 23.8 Å². The van der Waals surface area contributed by atoms with Crippen LogP contribution in [0.25, 0.3) is 0 Å². The number of hydrogen-bond donors (Lipinski definition) is 1. The average molecular weight is 188 g/mol. The van der Waals surface area contributed by atoms with E-state index in [1.807, 2.05) is 6.07 Å². The molecule has 72 valence electrons. The topological polar surface area (TPSA) is 59.0 Å². The van der Waals surface area contributed by atoms with Crippen LogP contribution < -0.4 is 10.5 Å². The Kier molecular flexibility index (Phi) is 2.28. The highest BCUT2D eigenvalue weighted by atomic mass is 16.5. The predicted octanol–water partition coefficient (Wildman–Crippen LogP) is 1.93. The Labute approximate surface area is 83.1 Å². The van der Waals surface area contributed by atoms with E-state index in [1.165, 1.54) is 12.8 Å². The molecule has 1 fully saturated rings. The molecule has 3 heteroatoms. The van der Waals surface area contributed by atoms with Crippen molar-refractivity contribution in [3.63, 3.8) is 0 Å². The maximum atomic E-state index is 8.75. The summed E-state index contributed by atoms with van der Waals surface area (Å²) in [7, 11) is 0. The maximum Gasteiger partial charge on any atom is 0.143 e. The number of rotatable bonds is 3. The first-order chi connectivity index (χ1) is 6.81. The lowest BCUT2D eigenvalue weighted by Gasteiger charge is -2.08. The van der Waals surface area contributed by atoms with Gasteiger partial charge in [-0.1, -0.05) is 6.07 Å². The quantitative estimate of drug-likeness (QED) is 0.737. The first-order valence-corrected chi connectivity index (χ1v) is 4.72. The van der Waals surface area contributed by atoms with Crippen LogP contribution in [0.1, 0.15) is 18.4 Å². The van der Waals surface area contributed by atoms with E-state index in [0.29, 0.717) is 22.9 Å². The van der Waals surface area contributed by atoms with E-state index in [2.05, 4.69) is 0 Å². The smallest absolute Gasteiger partial charge is 0.143 e. The van der Waals surface area contributed by atoms with Gasteiger partial charge in [-0.3, -0.25) is 0 Å². The number of nitrogen functional groups attached to an aromatic ring is 1. The summed E-state index contributed by atoms with van der Waals surface area (Å²) in [5, 5.41) is 8.75. The molecule has 1 aliphatic rings. The van der Waals surface area contributed by atoms with Crippen LogP contribution >= 0.6 is 0 Å². The van der Waals surface area contributed by atoms with Crippen LogP contribution in [0.2, 0.25) is 0 Å². The number of hydrogen-bond acceptors (Lipinski definition) is 3. The lowest BCUT2D eigenvalue weighted by atomic mass is 10.2. The molecule has 0 bridgehead atoms. The van der Waals surface area contributed by atoms with Gasteiger partial charge in [0.2, 0.25) is 0 Å². The maximum absolute atomic E-state index is 8.75. The first-order valence-electron chi connectivity index (χ1n) is 4.72. The molecule has 14 heavy (non-hydrogen) atoms. The van der Waals surface area contributed by atoms with Crippen molar-refractivity contribution in [2.24, 2.45) is 5.92 Å². The van der Waals surface area contributed by atoms with Gasteiger partial charge in [0.1, 0.15) is 11.8 Å². The van der Waals surface area contributed by atoms with E-state index in [0.717, 1.165) is 6.61 Å². The molecule has 1 aromatic carbocycles. The van der Waals surface area contributed by atoms with Crippen molar-refractivity contribution in [1.82, 2.24) is 0 Å². The minimum atomic E-state index is 0.454. The summed E-state index contributed by atoms with van der Waals surface area (Å²) < 4.78 is 5.53. The van der Waals surface area contributed by atoms with Crippen LogP contribution in [0.3, 0.4) is 0 Å². The van der Waals surface area contributed by atoms with E-state index in [1.54, 1.807) is 18.2 Å². The van der Waals surface area contributed by atoms with Gasteiger partial charge in [-0.2, -0.15) is 5.26 Å². The third-order valence-corrected chi connectivity index (χ3v) is 2.36. The predicted molar refractivity (Wildman–Crippen MR) is 53.8 cm³/mol. The van der Waals surface area contributed by atoms with Gasteiger partial charge >= 0.3 is 0 Å². The summed E-state index contributed by atoms with van der Waals surface area (Å²) in [4.78, 5) is 0. The molecule has 0 aromatic heterocycles. The molecule has 0 amide bonds. The lowest BCUT2D eigenvalue weighted by Crippen LogP contribution is -2.02. The molecule has 0 saturated heterocycles.